The first-order valence-electron chi connectivity index (χ1n) is 7.95. The molecule has 0 aliphatic heterocycles. The summed E-state index contributed by atoms with van der Waals surface area (Å²) in [4.78, 5) is 4.33. The summed E-state index contributed by atoms with van der Waals surface area (Å²) in [5.74, 6) is 1.34. The van der Waals surface area contributed by atoms with Gasteiger partial charge in [0.1, 0.15) is 6.07 Å². The molecule has 1 fully saturated rings. The summed E-state index contributed by atoms with van der Waals surface area (Å²) >= 11 is 0. The number of hydrogen-bond acceptors (Lipinski definition) is 4. The minimum atomic E-state index is 0.522. The van der Waals surface area contributed by atoms with Gasteiger partial charge in [0, 0.05) is 29.3 Å². The van der Waals surface area contributed by atoms with Crippen molar-refractivity contribution >= 4 is 22.4 Å². The van der Waals surface area contributed by atoms with Gasteiger partial charge in [-0.3, -0.25) is 10.1 Å². The second-order valence-corrected chi connectivity index (χ2v) is 5.99. The zero-order valence-corrected chi connectivity index (χ0v) is 12.7. The molecule has 1 aromatic carbocycles. The molecule has 0 bridgehead atoms. The van der Waals surface area contributed by atoms with Crippen LogP contribution in [0.2, 0.25) is 0 Å². The second kappa shape index (κ2) is 5.73. The molecule has 1 saturated carbocycles. The summed E-state index contributed by atoms with van der Waals surface area (Å²) in [6, 6.07) is 12.1. The highest BCUT2D eigenvalue weighted by Crippen LogP contribution is 2.34. The number of nitrogens with zero attached hydrogens (tertiary/aromatic N) is 3. The number of nitriles is 1. The maximum atomic E-state index is 9.38. The standard InChI is InChI=1S/C18H17N5/c19-10-13-11-20-15-8-4-3-7-14(15)18(13)21-17-9-16(22-23-17)12-5-1-2-6-12/h3-4,7-9,11-12H,1-2,5-6H2,(H2,20,21,22,23). The molecule has 2 N–H and O–H groups in total. The molecule has 114 valence electrons. The Labute approximate surface area is 134 Å². The lowest BCUT2D eigenvalue weighted by atomic mass is 10.0. The molecule has 0 spiro atoms. The molecule has 0 saturated heterocycles. The van der Waals surface area contributed by atoms with Crippen LogP contribution in [-0.4, -0.2) is 15.2 Å². The van der Waals surface area contributed by atoms with Crippen LogP contribution < -0.4 is 5.32 Å². The predicted octanol–water partition coefficient (Wildman–Crippen LogP) is 4.23. The van der Waals surface area contributed by atoms with Gasteiger partial charge in [0.15, 0.2) is 5.82 Å². The molecule has 4 rings (SSSR count). The van der Waals surface area contributed by atoms with Gasteiger partial charge in [-0.25, -0.2) is 0 Å². The van der Waals surface area contributed by atoms with Crippen LogP contribution in [0.1, 0.15) is 42.9 Å². The van der Waals surface area contributed by atoms with E-state index in [1.165, 1.54) is 31.4 Å². The number of H-pyrrole nitrogens is 1. The monoisotopic (exact) mass is 303 g/mol. The van der Waals surface area contributed by atoms with Crippen molar-refractivity contribution in [1.29, 1.82) is 5.26 Å². The van der Waals surface area contributed by atoms with Crippen molar-refractivity contribution in [2.24, 2.45) is 0 Å². The third kappa shape index (κ3) is 2.53. The lowest BCUT2D eigenvalue weighted by Gasteiger charge is -2.09. The Balaban J connectivity index is 1.71. The molecule has 2 heterocycles. The van der Waals surface area contributed by atoms with Gasteiger partial charge in [-0.05, 0) is 18.9 Å². The fourth-order valence-corrected chi connectivity index (χ4v) is 3.34. The van der Waals surface area contributed by atoms with E-state index in [9.17, 15) is 5.26 Å². The van der Waals surface area contributed by atoms with E-state index in [2.05, 4.69) is 32.6 Å². The van der Waals surface area contributed by atoms with Crippen molar-refractivity contribution < 1.29 is 0 Å². The first-order chi connectivity index (χ1) is 11.3. The fourth-order valence-electron chi connectivity index (χ4n) is 3.34. The van der Waals surface area contributed by atoms with Gasteiger partial charge in [0.05, 0.1) is 16.8 Å². The number of para-hydroxylation sites is 1. The van der Waals surface area contributed by atoms with Gasteiger partial charge in [0.2, 0.25) is 0 Å². The smallest absolute Gasteiger partial charge is 0.152 e. The summed E-state index contributed by atoms with van der Waals surface area (Å²) in [7, 11) is 0. The molecule has 3 aromatic rings. The molecule has 0 amide bonds. The van der Waals surface area contributed by atoms with Crippen molar-refractivity contribution in [3.63, 3.8) is 0 Å². The van der Waals surface area contributed by atoms with Crippen LogP contribution >= 0.6 is 0 Å². The third-order valence-corrected chi connectivity index (χ3v) is 4.54. The number of fused-ring (bicyclic) bond motifs is 1. The molecule has 23 heavy (non-hydrogen) atoms. The van der Waals surface area contributed by atoms with Gasteiger partial charge in [-0.15, -0.1) is 0 Å². The van der Waals surface area contributed by atoms with Crippen LogP contribution in [0.4, 0.5) is 11.5 Å². The Morgan fingerprint density at radius 2 is 2.04 bits per heavy atom. The molecule has 1 aliphatic rings. The van der Waals surface area contributed by atoms with E-state index < -0.39 is 0 Å². The molecule has 5 heteroatoms. The average Bonchev–Trinajstić information content (AvgIpc) is 3.26. The minimum absolute atomic E-state index is 0.522. The Hall–Kier alpha value is -2.87. The second-order valence-electron chi connectivity index (χ2n) is 5.99. The van der Waals surface area contributed by atoms with Crippen LogP contribution in [-0.2, 0) is 0 Å². The highest BCUT2D eigenvalue weighted by atomic mass is 15.2. The lowest BCUT2D eigenvalue weighted by Crippen LogP contribution is -1.97. The van der Waals surface area contributed by atoms with E-state index in [-0.39, 0.29) is 0 Å². The molecule has 5 nitrogen and oxygen atoms in total. The number of hydrogen-bond donors (Lipinski definition) is 2. The van der Waals surface area contributed by atoms with E-state index in [0.29, 0.717) is 11.5 Å². The minimum Gasteiger partial charge on any atom is -0.337 e. The van der Waals surface area contributed by atoms with E-state index >= 15 is 0 Å². The van der Waals surface area contributed by atoms with Crippen molar-refractivity contribution in [3.8, 4) is 6.07 Å². The summed E-state index contributed by atoms with van der Waals surface area (Å²) in [6.45, 7) is 0. The number of aromatic nitrogens is 3. The fraction of sp³-hybridized carbons (Fsp3) is 0.278. The summed E-state index contributed by atoms with van der Waals surface area (Å²) < 4.78 is 0. The van der Waals surface area contributed by atoms with Crippen molar-refractivity contribution in [3.05, 3.63) is 47.8 Å². The van der Waals surface area contributed by atoms with Gasteiger partial charge >= 0.3 is 0 Å². The van der Waals surface area contributed by atoms with Crippen LogP contribution in [0.3, 0.4) is 0 Å². The van der Waals surface area contributed by atoms with Gasteiger partial charge in [-0.2, -0.15) is 10.4 Å². The predicted molar refractivity (Wildman–Crippen MR) is 89.5 cm³/mol. The lowest BCUT2D eigenvalue weighted by molar-refractivity contribution is 0.693. The molecule has 2 aromatic heterocycles. The summed E-state index contributed by atoms with van der Waals surface area (Å²) in [5.41, 5.74) is 3.33. The van der Waals surface area contributed by atoms with E-state index in [4.69, 9.17) is 0 Å². The molecule has 1 aliphatic carbocycles. The van der Waals surface area contributed by atoms with E-state index in [1.807, 2.05) is 24.3 Å². The SMILES string of the molecule is N#Cc1cnc2ccccc2c1Nc1cc(C2CCCC2)[nH]n1. The normalized spacial score (nSPS) is 14.9. The summed E-state index contributed by atoms with van der Waals surface area (Å²) in [5, 5.41) is 21.1. The number of anilines is 2. The highest BCUT2D eigenvalue weighted by Gasteiger charge is 2.19. The van der Waals surface area contributed by atoms with E-state index in [0.717, 1.165) is 22.4 Å². The van der Waals surface area contributed by atoms with Crippen LogP contribution in [0.15, 0.2) is 36.5 Å². The van der Waals surface area contributed by atoms with Crippen LogP contribution in [0.25, 0.3) is 10.9 Å². The molecule has 0 radical (unpaired) electrons. The van der Waals surface area contributed by atoms with Gasteiger partial charge < -0.3 is 5.32 Å². The van der Waals surface area contributed by atoms with Gasteiger partial charge in [0.25, 0.3) is 0 Å². The van der Waals surface area contributed by atoms with Crippen LogP contribution in [0, 0.1) is 11.3 Å². The van der Waals surface area contributed by atoms with Gasteiger partial charge in [-0.1, -0.05) is 31.0 Å². The maximum absolute atomic E-state index is 9.38. The molecular formula is C18H17N5. The highest BCUT2D eigenvalue weighted by molar-refractivity contribution is 5.95. The Kier molecular flexibility index (Phi) is 3.43. The number of rotatable bonds is 3. The largest absolute Gasteiger partial charge is 0.337 e. The van der Waals surface area contributed by atoms with Crippen molar-refractivity contribution in [2.45, 2.75) is 31.6 Å². The maximum Gasteiger partial charge on any atom is 0.152 e. The summed E-state index contributed by atoms with van der Waals surface area (Å²) in [6.07, 6.45) is 6.64. The van der Waals surface area contributed by atoms with Crippen LogP contribution in [0.5, 0.6) is 0 Å². The Bertz CT molecular complexity index is 884. The Morgan fingerprint density at radius 1 is 1.22 bits per heavy atom. The number of benzene rings is 1. The Morgan fingerprint density at radius 3 is 2.87 bits per heavy atom. The zero-order valence-electron chi connectivity index (χ0n) is 12.7. The zero-order chi connectivity index (χ0) is 15.6. The van der Waals surface area contributed by atoms with E-state index in [1.54, 1.807) is 6.20 Å². The van der Waals surface area contributed by atoms with Crippen molar-refractivity contribution in [2.75, 3.05) is 5.32 Å². The number of nitrogens with one attached hydrogen (secondary N) is 2. The molecule has 0 atom stereocenters. The molecular weight excluding hydrogens is 286 g/mol. The number of pyridine rings is 1. The average molecular weight is 303 g/mol. The topological polar surface area (TPSA) is 77.4 Å². The quantitative estimate of drug-likeness (QED) is 0.759. The van der Waals surface area contributed by atoms with Crippen molar-refractivity contribution in [1.82, 2.24) is 15.2 Å². The first-order valence-corrected chi connectivity index (χ1v) is 7.95. The third-order valence-electron chi connectivity index (χ3n) is 4.54. The number of aromatic amines is 1. The first kappa shape index (κ1) is 13.8. The molecule has 0 unspecified atom stereocenters.